The Bertz CT molecular complexity index is 542. The molecule has 0 spiro atoms. The number of pyridine rings is 1. The molecule has 0 bridgehead atoms. The first kappa shape index (κ1) is 17.5. The highest BCUT2D eigenvalue weighted by Gasteiger charge is 2.33. The zero-order chi connectivity index (χ0) is 17.0. The van der Waals surface area contributed by atoms with Gasteiger partial charge in [0.2, 0.25) is 11.8 Å². The fourth-order valence-corrected chi connectivity index (χ4v) is 2.92. The number of carbonyl (C=O) groups is 1. The molecule has 7 nitrogen and oxygen atoms in total. The number of hydrogen-bond acceptors (Lipinski definition) is 6. The summed E-state index contributed by atoms with van der Waals surface area (Å²) < 4.78 is 10.4. The Morgan fingerprint density at radius 2 is 1.74 bits per heavy atom. The van der Waals surface area contributed by atoms with Crippen molar-refractivity contribution in [2.75, 3.05) is 40.4 Å². The quantitative estimate of drug-likeness (QED) is 0.844. The lowest BCUT2D eigenvalue weighted by molar-refractivity contribution is -0.144. The van der Waals surface area contributed by atoms with E-state index in [9.17, 15) is 9.90 Å². The van der Waals surface area contributed by atoms with Crippen molar-refractivity contribution >= 4 is 5.97 Å². The summed E-state index contributed by atoms with van der Waals surface area (Å²) in [6, 6.07) is 3.09. The number of hydrogen-bond donors (Lipinski definition) is 1. The van der Waals surface area contributed by atoms with Gasteiger partial charge in [0.1, 0.15) is 6.04 Å². The molecule has 7 heteroatoms. The van der Waals surface area contributed by atoms with Crippen molar-refractivity contribution < 1.29 is 19.4 Å². The largest absolute Gasteiger partial charge is 0.481 e. The molecule has 1 aliphatic heterocycles. The van der Waals surface area contributed by atoms with Gasteiger partial charge in [0, 0.05) is 43.9 Å². The number of nitrogens with zero attached hydrogens (tertiary/aromatic N) is 3. The number of rotatable bonds is 6. The van der Waals surface area contributed by atoms with Crippen LogP contribution in [0.15, 0.2) is 12.1 Å². The van der Waals surface area contributed by atoms with Crippen molar-refractivity contribution in [1.29, 1.82) is 0 Å². The van der Waals surface area contributed by atoms with Crippen LogP contribution >= 0.6 is 0 Å². The van der Waals surface area contributed by atoms with E-state index in [1.54, 1.807) is 12.1 Å². The summed E-state index contributed by atoms with van der Waals surface area (Å²) in [6.45, 7) is 7.41. The third-order valence-corrected chi connectivity index (χ3v) is 4.24. The molecule has 1 atom stereocenters. The first-order chi connectivity index (χ1) is 11.0. The van der Waals surface area contributed by atoms with Gasteiger partial charge in [-0.25, -0.2) is 0 Å². The maximum absolute atomic E-state index is 11.9. The van der Waals surface area contributed by atoms with Gasteiger partial charge in [0.25, 0.3) is 0 Å². The highest BCUT2D eigenvalue weighted by Crippen LogP contribution is 2.31. The van der Waals surface area contributed by atoms with Gasteiger partial charge in [-0.3, -0.25) is 14.6 Å². The molecule has 128 valence electrons. The summed E-state index contributed by atoms with van der Waals surface area (Å²) in [4.78, 5) is 20.4. The Kier molecular flexibility index (Phi) is 5.79. The lowest BCUT2D eigenvalue weighted by atomic mass is 10.1. The number of ether oxygens (including phenoxy) is 2. The lowest BCUT2D eigenvalue weighted by Crippen LogP contribution is -2.51. The Hall–Kier alpha value is -1.86. The number of aromatic nitrogens is 1. The van der Waals surface area contributed by atoms with E-state index < -0.39 is 12.0 Å². The Balaban J connectivity index is 2.24. The number of carboxylic acids is 1. The van der Waals surface area contributed by atoms with E-state index in [1.165, 1.54) is 14.2 Å². The molecule has 0 amide bonds. The Labute approximate surface area is 136 Å². The van der Waals surface area contributed by atoms with Crippen molar-refractivity contribution in [3.63, 3.8) is 0 Å². The van der Waals surface area contributed by atoms with Crippen LogP contribution in [-0.2, 0) is 4.79 Å². The molecule has 1 aliphatic rings. The number of carboxylic acid groups (broad SMARTS) is 1. The molecule has 23 heavy (non-hydrogen) atoms. The van der Waals surface area contributed by atoms with Crippen molar-refractivity contribution in [1.82, 2.24) is 14.8 Å². The topological polar surface area (TPSA) is 75.1 Å². The van der Waals surface area contributed by atoms with Crippen molar-refractivity contribution in [3.05, 3.63) is 17.7 Å². The Morgan fingerprint density at radius 1 is 1.13 bits per heavy atom. The molecule has 0 aromatic carbocycles. The third kappa shape index (κ3) is 3.92. The minimum Gasteiger partial charge on any atom is -0.481 e. The molecule has 1 aromatic rings. The molecule has 1 unspecified atom stereocenters. The van der Waals surface area contributed by atoms with E-state index in [0.29, 0.717) is 36.5 Å². The molecule has 0 saturated carbocycles. The number of piperazine rings is 1. The summed E-state index contributed by atoms with van der Waals surface area (Å²) >= 11 is 0. The van der Waals surface area contributed by atoms with Crippen molar-refractivity contribution in [2.24, 2.45) is 0 Å². The van der Waals surface area contributed by atoms with E-state index in [0.717, 1.165) is 13.1 Å². The van der Waals surface area contributed by atoms with Crippen LogP contribution in [0.2, 0.25) is 0 Å². The molecule has 1 N–H and O–H groups in total. The van der Waals surface area contributed by atoms with Gasteiger partial charge in [-0.2, -0.15) is 4.98 Å². The van der Waals surface area contributed by atoms with E-state index in [-0.39, 0.29) is 0 Å². The van der Waals surface area contributed by atoms with Gasteiger partial charge >= 0.3 is 5.97 Å². The molecule has 1 aromatic heterocycles. The summed E-state index contributed by atoms with van der Waals surface area (Å²) in [7, 11) is 3.00. The van der Waals surface area contributed by atoms with Crippen LogP contribution in [0.25, 0.3) is 0 Å². The van der Waals surface area contributed by atoms with Crippen LogP contribution in [0.1, 0.15) is 25.5 Å². The first-order valence-electron chi connectivity index (χ1n) is 7.77. The van der Waals surface area contributed by atoms with Crippen LogP contribution in [0.4, 0.5) is 0 Å². The molecule has 2 heterocycles. The lowest BCUT2D eigenvalue weighted by Gasteiger charge is -2.39. The van der Waals surface area contributed by atoms with Crippen LogP contribution in [0.3, 0.4) is 0 Å². The third-order valence-electron chi connectivity index (χ3n) is 4.24. The zero-order valence-corrected chi connectivity index (χ0v) is 14.2. The highest BCUT2D eigenvalue weighted by molar-refractivity contribution is 5.76. The SMILES string of the molecule is COc1ccc(C(C(=O)O)N2CCN(C(C)C)CC2)c(OC)n1. The van der Waals surface area contributed by atoms with E-state index >= 15 is 0 Å². The minimum atomic E-state index is -0.895. The Morgan fingerprint density at radius 3 is 2.22 bits per heavy atom. The minimum absolute atomic E-state index is 0.294. The van der Waals surface area contributed by atoms with Gasteiger partial charge in [-0.05, 0) is 19.9 Å². The average molecular weight is 323 g/mol. The van der Waals surface area contributed by atoms with Crippen molar-refractivity contribution in [2.45, 2.75) is 25.9 Å². The second-order valence-corrected chi connectivity index (χ2v) is 5.86. The zero-order valence-electron chi connectivity index (χ0n) is 14.2. The molecule has 0 radical (unpaired) electrons. The summed E-state index contributed by atoms with van der Waals surface area (Å²) in [5.41, 5.74) is 0.554. The fourth-order valence-electron chi connectivity index (χ4n) is 2.92. The summed E-state index contributed by atoms with van der Waals surface area (Å²) in [5, 5.41) is 9.73. The molecule has 0 aliphatic carbocycles. The van der Waals surface area contributed by atoms with Crippen molar-refractivity contribution in [3.8, 4) is 11.8 Å². The number of methoxy groups -OCH3 is 2. The van der Waals surface area contributed by atoms with Gasteiger partial charge in [-0.15, -0.1) is 0 Å². The maximum Gasteiger partial charge on any atom is 0.325 e. The summed E-state index contributed by atoms with van der Waals surface area (Å²) in [6.07, 6.45) is 0. The van der Waals surface area contributed by atoms with Gasteiger partial charge in [0.15, 0.2) is 0 Å². The predicted molar refractivity (Wildman–Crippen MR) is 86.0 cm³/mol. The molecule has 1 fully saturated rings. The van der Waals surface area contributed by atoms with Gasteiger partial charge < -0.3 is 14.6 Å². The van der Waals surface area contributed by atoms with Gasteiger partial charge in [-0.1, -0.05) is 0 Å². The predicted octanol–water partition coefficient (Wildman–Crippen LogP) is 1.25. The number of aliphatic carboxylic acids is 1. The molecule has 2 rings (SSSR count). The first-order valence-corrected chi connectivity index (χ1v) is 7.77. The monoisotopic (exact) mass is 323 g/mol. The smallest absolute Gasteiger partial charge is 0.325 e. The van der Waals surface area contributed by atoms with Crippen LogP contribution in [0, 0.1) is 0 Å². The van der Waals surface area contributed by atoms with E-state index in [4.69, 9.17) is 9.47 Å². The van der Waals surface area contributed by atoms with Gasteiger partial charge in [0.05, 0.1) is 14.2 Å². The van der Waals surface area contributed by atoms with E-state index in [2.05, 4.69) is 23.7 Å². The standard InChI is InChI=1S/C16H25N3O4/c1-11(2)18-7-9-19(10-8-18)14(16(20)21)12-5-6-13(22-3)17-15(12)23-4/h5-6,11,14H,7-10H2,1-4H3,(H,20,21). The highest BCUT2D eigenvalue weighted by atomic mass is 16.5. The average Bonchev–Trinajstić information content (AvgIpc) is 2.55. The molecule has 1 saturated heterocycles. The normalized spacial score (nSPS) is 18.0. The van der Waals surface area contributed by atoms with Crippen LogP contribution in [-0.4, -0.2) is 72.3 Å². The second-order valence-electron chi connectivity index (χ2n) is 5.86. The fraction of sp³-hybridized carbons (Fsp3) is 0.625. The van der Waals surface area contributed by atoms with Crippen LogP contribution in [0.5, 0.6) is 11.8 Å². The van der Waals surface area contributed by atoms with E-state index in [1.807, 2.05) is 4.90 Å². The maximum atomic E-state index is 11.9. The molecular weight excluding hydrogens is 298 g/mol. The second kappa shape index (κ2) is 7.61. The van der Waals surface area contributed by atoms with Crippen LogP contribution < -0.4 is 9.47 Å². The molecular formula is C16H25N3O4. The summed E-state index contributed by atoms with van der Waals surface area (Å²) in [5.74, 6) is -0.198.